The molecule has 5 heteroatoms. The van der Waals surface area contributed by atoms with Gasteiger partial charge in [-0.1, -0.05) is 23.7 Å². The molecule has 4 nitrogen and oxygen atoms in total. The second-order valence-corrected chi connectivity index (χ2v) is 5.73. The van der Waals surface area contributed by atoms with Crippen LogP contribution in [-0.2, 0) is 0 Å². The minimum Gasteiger partial charge on any atom is -0.398 e. The largest absolute Gasteiger partial charge is 0.398 e. The van der Waals surface area contributed by atoms with Crippen LogP contribution in [-0.4, -0.2) is 31.2 Å². The number of benzene rings is 1. The smallest absolute Gasteiger partial charge is 0.130 e. The van der Waals surface area contributed by atoms with Crippen molar-refractivity contribution in [2.75, 3.05) is 41.7 Å². The van der Waals surface area contributed by atoms with Gasteiger partial charge >= 0.3 is 0 Å². The highest BCUT2D eigenvalue weighted by molar-refractivity contribution is 6.33. The van der Waals surface area contributed by atoms with Crippen molar-refractivity contribution in [2.45, 2.75) is 6.92 Å². The number of halogens is 1. The Morgan fingerprint density at radius 2 is 1.76 bits per heavy atom. The number of hydrogen-bond donors (Lipinski definition) is 1. The van der Waals surface area contributed by atoms with Crippen LogP contribution < -0.4 is 15.5 Å². The predicted molar refractivity (Wildman–Crippen MR) is 89.3 cm³/mol. The van der Waals surface area contributed by atoms with E-state index in [4.69, 9.17) is 17.3 Å². The zero-order valence-electron chi connectivity index (χ0n) is 12.1. The van der Waals surface area contributed by atoms with Gasteiger partial charge in [-0.3, -0.25) is 0 Å². The minimum absolute atomic E-state index is 0.800. The Balaban J connectivity index is 1.70. The fourth-order valence-electron chi connectivity index (χ4n) is 2.59. The van der Waals surface area contributed by atoms with Gasteiger partial charge in [0.2, 0.25) is 0 Å². The van der Waals surface area contributed by atoms with Crippen LogP contribution in [0.15, 0.2) is 36.5 Å². The number of rotatable bonds is 2. The van der Waals surface area contributed by atoms with Crippen LogP contribution in [0.4, 0.5) is 17.2 Å². The van der Waals surface area contributed by atoms with Crippen LogP contribution >= 0.6 is 11.6 Å². The molecule has 1 aromatic heterocycles. The molecule has 2 aromatic rings. The van der Waals surface area contributed by atoms with E-state index in [9.17, 15) is 0 Å². The van der Waals surface area contributed by atoms with E-state index in [0.717, 1.165) is 54.0 Å². The number of aromatic nitrogens is 1. The van der Waals surface area contributed by atoms with Crippen LogP contribution in [0.1, 0.15) is 5.56 Å². The van der Waals surface area contributed by atoms with Crippen molar-refractivity contribution >= 4 is 28.8 Å². The highest BCUT2D eigenvalue weighted by Gasteiger charge is 2.19. The summed E-state index contributed by atoms with van der Waals surface area (Å²) in [5, 5.41) is 0.809. The zero-order chi connectivity index (χ0) is 14.8. The first-order valence-electron chi connectivity index (χ1n) is 7.11. The summed E-state index contributed by atoms with van der Waals surface area (Å²) < 4.78 is 0. The molecule has 3 rings (SSSR count). The number of nitrogen functional groups attached to an aromatic ring is 1. The molecule has 0 atom stereocenters. The fourth-order valence-corrected chi connectivity index (χ4v) is 2.84. The van der Waals surface area contributed by atoms with Crippen molar-refractivity contribution in [1.82, 2.24) is 4.98 Å². The van der Waals surface area contributed by atoms with Crippen molar-refractivity contribution < 1.29 is 0 Å². The van der Waals surface area contributed by atoms with E-state index in [0.29, 0.717) is 0 Å². The number of para-hydroxylation sites is 1. The third-order valence-corrected chi connectivity index (χ3v) is 4.25. The molecule has 110 valence electrons. The van der Waals surface area contributed by atoms with Gasteiger partial charge in [-0.2, -0.15) is 0 Å². The van der Waals surface area contributed by atoms with Crippen LogP contribution in [0.25, 0.3) is 0 Å². The van der Waals surface area contributed by atoms with E-state index >= 15 is 0 Å². The lowest BCUT2D eigenvalue weighted by molar-refractivity contribution is 0.647. The molecule has 0 spiro atoms. The van der Waals surface area contributed by atoms with Gasteiger partial charge < -0.3 is 15.5 Å². The van der Waals surface area contributed by atoms with Gasteiger partial charge in [0.05, 0.1) is 10.7 Å². The Kier molecular flexibility index (Phi) is 3.88. The van der Waals surface area contributed by atoms with E-state index in [2.05, 4.69) is 20.9 Å². The van der Waals surface area contributed by atoms with Crippen molar-refractivity contribution in [1.29, 1.82) is 0 Å². The molecule has 0 amide bonds. The molecule has 0 radical (unpaired) electrons. The van der Waals surface area contributed by atoms with Gasteiger partial charge in [-0.25, -0.2) is 4.98 Å². The van der Waals surface area contributed by atoms with E-state index in [-0.39, 0.29) is 0 Å². The number of nitrogens with two attached hydrogens (primary N) is 1. The summed E-state index contributed by atoms with van der Waals surface area (Å²) in [5.41, 5.74) is 8.90. The van der Waals surface area contributed by atoms with Crippen LogP contribution in [0.2, 0.25) is 5.02 Å². The third-order valence-electron chi connectivity index (χ3n) is 3.93. The molecule has 2 heterocycles. The van der Waals surface area contributed by atoms with E-state index in [1.165, 1.54) is 0 Å². The first kappa shape index (κ1) is 14.0. The maximum atomic E-state index is 6.27. The molecule has 21 heavy (non-hydrogen) atoms. The summed E-state index contributed by atoms with van der Waals surface area (Å²) in [6, 6.07) is 9.95. The monoisotopic (exact) mass is 302 g/mol. The first-order chi connectivity index (χ1) is 10.1. The lowest BCUT2D eigenvalue weighted by atomic mass is 10.2. The van der Waals surface area contributed by atoms with Crippen molar-refractivity contribution in [3.63, 3.8) is 0 Å². The summed E-state index contributed by atoms with van der Waals surface area (Å²) in [7, 11) is 0. The number of hydrogen-bond acceptors (Lipinski definition) is 4. The number of nitrogens with zero attached hydrogens (tertiary/aromatic N) is 3. The number of aryl methyl sites for hydroxylation is 1. The summed E-state index contributed by atoms with van der Waals surface area (Å²) in [6.45, 7) is 5.67. The number of piperazine rings is 1. The van der Waals surface area contributed by atoms with Gasteiger partial charge in [-0.05, 0) is 24.6 Å². The summed E-state index contributed by atoms with van der Waals surface area (Å²) in [6.07, 6.45) is 1.84. The second-order valence-electron chi connectivity index (χ2n) is 5.32. The Bertz CT molecular complexity index is 636. The maximum absolute atomic E-state index is 6.27. The molecule has 1 fully saturated rings. The SMILES string of the molecule is Cc1cnc(N2CCN(c3ccccc3Cl)CC2)cc1N. The van der Waals surface area contributed by atoms with Gasteiger partial charge in [0.15, 0.2) is 0 Å². The Morgan fingerprint density at radius 1 is 1.10 bits per heavy atom. The Hall–Kier alpha value is -1.94. The molecule has 0 unspecified atom stereocenters. The second kappa shape index (κ2) is 5.82. The molecule has 1 saturated heterocycles. The lowest BCUT2D eigenvalue weighted by Gasteiger charge is -2.37. The van der Waals surface area contributed by atoms with Crippen LogP contribution in [0.3, 0.4) is 0 Å². The van der Waals surface area contributed by atoms with E-state index < -0.39 is 0 Å². The average molecular weight is 303 g/mol. The summed E-state index contributed by atoms with van der Waals surface area (Å²) >= 11 is 6.27. The van der Waals surface area contributed by atoms with Crippen molar-refractivity contribution in [2.24, 2.45) is 0 Å². The summed E-state index contributed by atoms with van der Waals surface area (Å²) in [5.74, 6) is 0.955. The summed E-state index contributed by atoms with van der Waals surface area (Å²) in [4.78, 5) is 9.06. The molecule has 1 aliphatic rings. The highest BCUT2D eigenvalue weighted by Crippen LogP contribution is 2.27. The molecule has 1 aliphatic heterocycles. The normalized spacial score (nSPS) is 15.3. The van der Waals surface area contributed by atoms with Gasteiger partial charge in [0.1, 0.15) is 5.82 Å². The molecular weight excluding hydrogens is 284 g/mol. The van der Waals surface area contributed by atoms with Crippen LogP contribution in [0.5, 0.6) is 0 Å². The van der Waals surface area contributed by atoms with Crippen LogP contribution in [0, 0.1) is 6.92 Å². The minimum atomic E-state index is 0.800. The maximum Gasteiger partial charge on any atom is 0.130 e. The zero-order valence-corrected chi connectivity index (χ0v) is 12.8. The number of pyridine rings is 1. The van der Waals surface area contributed by atoms with Gasteiger partial charge in [-0.15, -0.1) is 0 Å². The van der Waals surface area contributed by atoms with Crippen molar-refractivity contribution in [3.8, 4) is 0 Å². The fraction of sp³-hybridized carbons (Fsp3) is 0.312. The lowest BCUT2D eigenvalue weighted by Crippen LogP contribution is -2.47. The topological polar surface area (TPSA) is 45.4 Å². The van der Waals surface area contributed by atoms with E-state index in [1.54, 1.807) is 0 Å². The molecule has 0 bridgehead atoms. The Labute approximate surface area is 130 Å². The molecule has 0 aliphatic carbocycles. The average Bonchev–Trinajstić information content (AvgIpc) is 2.51. The number of anilines is 3. The first-order valence-corrected chi connectivity index (χ1v) is 7.49. The molecule has 2 N–H and O–H groups in total. The third kappa shape index (κ3) is 2.90. The van der Waals surface area contributed by atoms with Gasteiger partial charge in [0, 0.05) is 44.1 Å². The molecular formula is C16H19ClN4. The standard InChI is InChI=1S/C16H19ClN4/c1-12-11-19-16(10-14(12)18)21-8-6-20(7-9-21)15-5-3-2-4-13(15)17/h2-5,10-11H,6-9H2,1H3,(H2,18,19). The van der Waals surface area contributed by atoms with Crippen molar-refractivity contribution in [3.05, 3.63) is 47.1 Å². The van der Waals surface area contributed by atoms with Gasteiger partial charge in [0.25, 0.3) is 0 Å². The van der Waals surface area contributed by atoms with E-state index in [1.807, 2.05) is 37.4 Å². The predicted octanol–water partition coefficient (Wildman–Crippen LogP) is 2.95. The molecule has 0 saturated carbocycles. The quantitative estimate of drug-likeness (QED) is 0.926. The molecule has 1 aromatic carbocycles. The Morgan fingerprint density at radius 3 is 2.43 bits per heavy atom. The highest BCUT2D eigenvalue weighted by atomic mass is 35.5.